The maximum absolute atomic E-state index is 3.80. The molecule has 112 valence electrons. The lowest BCUT2D eigenvalue weighted by Crippen LogP contribution is -2.46. The average Bonchev–Trinajstić information content (AvgIpc) is 3.19. The number of nitrogens with one attached hydrogen (secondary N) is 1. The molecule has 0 aromatic rings. The minimum absolute atomic E-state index is 0.557. The molecule has 2 aliphatic carbocycles. The second kappa shape index (κ2) is 7.05. The minimum Gasteiger partial charge on any atom is -0.313 e. The number of hydrogen-bond acceptors (Lipinski definition) is 3. The Morgan fingerprint density at radius 1 is 1.00 bits per heavy atom. The largest absolute Gasteiger partial charge is 0.313 e. The van der Waals surface area contributed by atoms with Crippen molar-refractivity contribution in [1.82, 2.24) is 15.1 Å². The molecule has 2 rings (SSSR count). The summed E-state index contributed by atoms with van der Waals surface area (Å²) in [6.45, 7) is 4.89. The average molecular weight is 267 g/mol. The number of nitrogens with zero attached hydrogens (tertiary/aromatic N) is 2. The Labute approximate surface area is 119 Å². The molecular weight excluding hydrogens is 234 g/mol. The van der Waals surface area contributed by atoms with Gasteiger partial charge in [-0.25, -0.2) is 0 Å². The molecule has 0 spiro atoms. The highest BCUT2D eigenvalue weighted by molar-refractivity contribution is 4.91. The molecule has 2 saturated carbocycles. The van der Waals surface area contributed by atoms with Crippen LogP contribution in [-0.2, 0) is 0 Å². The van der Waals surface area contributed by atoms with Crippen LogP contribution in [0.2, 0.25) is 0 Å². The molecule has 2 fully saturated rings. The van der Waals surface area contributed by atoms with Crippen molar-refractivity contribution in [3.63, 3.8) is 0 Å². The molecule has 0 aromatic carbocycles. The van der Waals surface area contributed by atoms with Gasteiger partial charge in [0.15, 0.2) is 0 Å². The molecule has 0 saturated heterocycles. The van der Waals surface area contributed by atoms with Crippen molar-refractivity contribution in [2.45, 2.75) is 51.0 Å². The van der Waals surface area contributed by atoms with Crippen molar-refractivity contribution in [1.29, 1.82) is 0 Å². The zero-order valence-corrected chi connectivity index (χ0v) is 13.2. The summed E-state index contributed by atoms with van der Waals surface area (Å²) < 4.78 is 0. The molecule has 0 radical (unpaired) electrons. The van der Waals surface area contributed by atoms with Gasteiger partial charge in [0.1, 0.15) is 0 Å². The molecule has 0 atom stereocenters. The van der Waals surface area contributed by atoms with Crippen LogP contribution < -0.4 is 5.32 Å². The van der Waals surface area contributed by atoms with Gasteiger partial charge in [0.05, 0.1) is 0 Å². The maximum atomic E-state index is 3.80. The van der Waals surface area contributed by atoms with E-state index < -0.39 is 0 Å². The maximum Gasteiger partial charge on any atom is 0.0106 e. The topological polar surface area (TPSA) is 18.5 Å². The molecule has 19 heavy (non-hydrogen) atoms. The smallest absolute Gasteiger partial charge is 0.0106 e. The first kappa shape index (κ1) is 15.3. The molecule has 1 N–H and O–H groups in total. The van der Waals surface area contributed by atoms with E-state index in [2.05, 4.69) is 36.3 Å². The first-order valence-corrected chi connectivity index (χ1v) is 8.16. The fourth-order valence-electron chi connectivity index (χ4n) is 3.36. The van der Waals surface area contributed by atoms with Crippen molar-refractivity contribution >= 4 is 0 Å². The van der Waals surface area contributed by atoms with Gasteiger partial charge in [-0.1, -0.05) is 19.3 Å². The zero-order valence-electron chi connectivity index (χ0n) is 13.2. The standard InChI is InChI=1S/C16H33N3/c1-18(2)11-12-19(3)14-16(9-5-4-6-10-16)13-17-15-7-8-15/h15,17H,4-14H2,1-3H3. The van der Waals surface area contributed by atoms with E-state index in [1.165, 1.54) is 71.1 Å². The summed E-state index contributed by atoms with van der Waals surface area (Å²) in [5.74, 6) is 0. The number of likely N-dealkylation sites (N-methyl/N-ethyl adjacent to an activating group) is 2. The van der Waals surface area contributed by atoms with E-state index in [1.54, 1.807) is 0 Å². The SMILES string of the molecule is CN(C)CCN(C)CC1(CNC2CC2)CCCCC1. The van der Waals surface area contributed by atoms with Gasteiger partial charge in [-0.15, -0.1) is 0 Å². The lowest BCUT2D eigenvalue weighted by Gasteiger charge is -2.41. The molecule has 0 aromatic heterocycles. The first-order valence-electron chi connectivity index (χ1n) is 8.16. The van der Waals surface area contributed by atoms with Gasteiger partial charge in [0, 0.05) is 32.2 Å². The molecule has 2 aliphatic rings. The van der Waals surface area contributed by atoms with Gasteiger partial charge in [0.25, 0.3) is 0 Å². The Hall–Kier alpha value is -0.120. The Bertz CT molecular complexity index is 255. The summed E-state index contributed by atoms with van der Waals surface area (Å²) in [6.07, 6.45) is 10.0. The van der Waals surface area contributed by atoms with Crippen molar-refractivity contribution in [3.8, 4) is 0 Å². The monoisotopic (exact) mass is 267 g/mol. The van der Waals surface area contributed by atoms with E-state index in [4.69, 9.17) is 0 Å². The highest BCUT2D eigenvalue weighted by atomic mass is 15.2. The van der Waals surface area contributed by atoms with Gasteiger partial charge >= 0.3 is 0 Å². The van der Waals surface area contributed by atoms with Crippen molar-refractivity contribution in [3.05, 3.63) is 0 Å². The van der Waals surface area contributed by atoms with E-state index >= 15 is 0 Å². The van der Waals surface area contributed by atoms with Crippen molar-refractivity contribution in [2.75, 3.05) is 47.3 Å². The first-order chi connectivity index (χ1) is 9.10. The fourth-order valence-corrected chi connectivity index (χ4v) is 3.36. The zero-order chi connectivity index (χ0) is 13.7. The van der Waals surface area contributed by atoms with Crippen LogP contribution in [0.3, 0.4) is 0 Å². The van der Waals surface area contributed by atoms with Crippen LogP contribution in [0.15, 0.2) is 0 Å². The van der Waals surface area contributed by atoms with Crippen LogP contribution in [0.5, 0.6) is 0 Å². The highest BCUT2D eigenvalue weighted by Gasteiger charge is 2.34. The summed E-state index contributed by atoms with van der Waals surface area (Å²) in [6, 6.07) is 0.853. The van der Waals surface area contributed by atoms with Gasteiger partial charge < -0.3 is 15.1 Å². The Morgan fingerprint density at radius 3 is 2.26 bits per heavy atom. The molecule has 0 amide bonds. The normalized spacial score (nSPS) is 23.2. The van der Waals surface area contributed by atoms with Crippen LogP contribution in [0, 0.1) is 5.41 Å². The quantitative estimate of drug-likeness (QED) is 0.727. The van der Waals surface area contributed by atoms with E-state index in [1.807, 2.05) is 0 Å². The number of hydrogen-bond donors (Lipinski definition) is 1. The number of rotatable bonds is 8. The van der Waals surface area contributed by atoms with E-state index in [0.717, 1.165) is 6.04 Å². The van der Waals surface area contributed by atoms with Crippen LogP contribution in [0.1, 0.15) is 44.9 Å². The van der Waals surface area contributed by atoms with Gasteiger partial charge in [-0.3, -0.25) is 0 Å². The molecular formula is C16H33N3. The predicted molar refractivity (Wildman–Crippen MR) is 82.6 cm³/mol. The fraction of sp³-hybridized carbons (Fsp3) is 1.00. The third-order valence-corrected chi connectivity index (χ3v) is 4.79. The van der Waals surface area contributed by atoms with Crippen LogP contribution in [-0.4, -0.2) is 63.2 Å². The van der Waals surface area contributed by atoms with Crippen molar-refractivity contribution < 1.29 is 0 Å². The second-order valence-corrected chi connectivity index (χ2v) is 7.26. The third-order valence-electron chi connectivity index (χ3n) is 4.79. The van der Waals surface area contributed by atoms with Crippen molar-refractivity contribution in [2.24, 2.45) is 5.41 Å². The lowest BCUT2D eigenvalue weighted by atomic mass is 9.73. The Morgan fingerprint density at radius 2 is 1.68 bits per heavy atom. The van der Waals surface area contributed by atoms with E-state index in [-0.39, 0.29) is 0 Å². The molecule has 0 aliphatic heterocycles. The Balaban J connectivity index is 1.80. The van der Waals surface area contributed by atoms with Gasteiger partial charge in [-0.2, -0.15) is 0 Å². The summed E-state index contributed by atoms with van der Waals surface area (Å²) >= 11 is 0. The molecule has 0 heterocycles. The molecule has 3 heteroatoms. The molecule has 0 unspecified atom stereocenters. The summed E-state index contributed by atoms with van der Waals surface area (Å²) in [5, 5.41) is 3.80. The van der Waals surface area contributed by atoms with E-state index in [0.29, 0.717) is 5.41 Å². The highest BCUT2D eigenvalue weighted by Crippen LogP contribution is 2.37. The predicted octanol–water partition coefficient (Wildman–Crippen LogP) is 2.18. The van der Waals surface area contributed by atoms with Crippen LogP contribution >= 0.6 is 0 Å². The third kappa shape index (κ3) is 5.41. The summed E-state index contributed by atoms with van der Waals surface area (Å²) in [5.41, 5.74) is 0.557. The van der Waals surface area contributed by atoms with Gasteiger partial charge in [-0.05, 0) is 52.2 Å². The van der Waals surface area contributed by atoms with E-state index in [9.17, 15) is 0 Å². The van der Waals surface area contributed by atoms with Crippen LogP contribution in [0.25, 0.3) is 0 Å². The summed E-state index contributed by atoms with van der Waals surface area (Å²) in [4.78, 5) is 4.84. The molecule has 0 bridgehead atoms. The molecule has 3 nitrogen and oxygen atoms in total. The minimum atomic E-state index is 0.557. The van der Waals surface area contributed by atoms with Gasteiger partial charge in [0.2, 0.25) is 0 Å². The lowest BCUT2D eigenvalue weighted by molar-refractivity contribution is 0.113. The Kier molecular flexibility index (Phi) is 5.67. The second-order valence-electron chi connectivity index (χ2n) is 7.26. The van der Waals surface area contributed by atoms with Crippen LogP contribution in [0.4, 0.5) is 0 Å². The summed E-state index contributed by atoms with van der Waals surface area (Å²) in [7, 11) is 6.63.